The number of amidine groups is 1. The molecule has 1 aliphatic heterocycles. The van der Waals surface area contributed by atoms with E-state index in [9.17, 15) is 0 Å². The first-order valence-corrected chi connectivity index (χ1v) is 5.17. The molecule has 2 aromatic heterocycles. The van der Waals surface area contributed by atoms with Crippen molar-refractivity contribution in [2.75, 3.05) is 13.1 Å². The predicted molar refractivity (Wildman–Crippen MR) is 60.8 cm³/mol. The third kappa shape index (κ3) is 1.46. The Kier molecular flexibility index (Phi) is 2.14. The molecule has 3 rings (SSSR count). The molecule has 0 atom stereocenters. The maximum Gasteiger partial charge on any atom is 0.148 e. The SMILES string of the molecule is c1cnc(-n2ccnc2)c(C2=NCCN2)c1. The van der Waals surface area contributed by atoms with Crippen LogP contribution in [0.1, 0.15) is 5.56 Å². The van der Waals surface area contributed by atoms with Gasteiger partial charge in [-0.25, -0.2) is 9.97 Å². The number of hydrogen-bond donors (Lipinski definition) is 1. The molecule has 0 aromatic carbocycles. The van der Waals surface area contributed by atoms with Gasteiger partial charge in [-0.2, -0.15) is 0 Å². The van der Waals surface area contributed by atoms with Crippen molar-refractivity contribution >= 4 is 5.84 Å². The lowest BCUT2D eigenvalue weighted by atomic mass is 10.2. The number of hydrogen-bond acceptors (Lipinski definition) is 4. The molecule has 0 spiro atoms. The van der Waals surface area contributed by atoms with E-state index in [4.69, 9.17) is 0 Å². The smallest absolute Gasteiger partial charge is 0.148 e. The summed E-state index contributed by atoms with van der Waals surface area (Å²) in [7, 11) is 0. The first-order valence-electron chi connectivity index (χ1n) is 5.17. The van der Waals surface area contributed by atoms with Crippen LogP contribution in [0.15, 0.2) is 42.0 Å². The lowest BCUT2D eigenvalue weighted by molar-refractivity contribution is 0.953. The fourth-order valence-corrected chi connectivity index (χ4v) is 1.75. The summed E-state index contributed by atoms with van der Waals surface area (Å²) >= 11 is 0. The van der Waals surface area contributed by atoms with Gasteiger partial charge in [0.1, 0.15) is 18.0 Å². The van der Waals surface area contributed by atoms with Crippen LogP contribution in [-0.2, 0) is 0 Å². The summed E-state index contributed by atoms with van der Waals surface area (Å²) in [6, 6.07) is 3.93. The molecule has 0 amide bonds. The number of nitrogens with zero attached hydrogens (tertiary/aromatic N) is 4. The van der Waals surface area contributed by atoms with Gasteiger partial charge in [-0.3, -0.25) is 9.56 Å². The van der Waals surface area contributed by atoms with Crippen molar-refractivity contribution in [3.8, 4) is 5.82 Å². The zero-order valence-electron chi connectivity index (χ0n) is 8.67. The second-order valence-corrected chi connectivity index (χ2v) is 3.50. The average Bonchev–Trinajstić information content (AvgIpc) is 3.03. The van der Waals surface area contributed by atoms with E-state index < -0.39 is 0 Å². The molecule has 1 aliphatic rings. The molecule has 16 heavy (non-hydrogen) atoms. The van der Waals surface area contributed by atoms with Gasteiger partial charge in [0.2, 0.25) is 0 Å². The fraction of sp³-hybridized carbons (Fsp3) is 0.182. The van der Waals surface area contributed by atoms with Gasteiger partial charge in [0.25, 0.3) is 0 Å². The Bertz CT molecular complexity index is 515. The third-order valence-electron chi connectivity index (χ3n) is 2.46. The minimum atomic E-state index is 0.827. The lowest BCUT2D eigenvalue weighted by Crippen LogP contribution is -2.21. The number of aliphatic imine (C=N–C) groups is 1. The number of pyridine rings is 1. The van der Waals surface area contributed by atoms with Crippen LogP contribution in [-0.4, -0.2) is 33.5 Å². The number of aromatic nitrogens is 3. The molecule has 2 aromatic rings. The standard InChI is InChI=1S/C11H11N5/c1-2-9(10-13-4-5-14-10)11(15-3-1)16-7-6-12-8-16/h1-3,6-8H,4-5H2,(H,13,14). The number of nitrogens with one attached hydrogen (secondary N) is 1. The average molecular weight is 213 g/mol. The molecule has 0 aliphatic carbocycles. The van der Waals surface area contributed by atoms with Gasteiger partial charge >= 0.3 is 0 Å². The van der Waals surface area contributed by atoms with Crippen molar-refractivity contribution in [3.05, 3.63) is 42.6 Å². The van der Waals surface area contributed by atoms with Gasteiger partial charge in [0.15, 0.2) is 0 Å². The third-order valence-corrected chi connectivity index (χ3v) is 2.46. The molecule has 0 saturated carbocycles. The van der Waals surface area contributed by atoms with Crippen LogP contribution in [0.5, 0.6) is 0 Å². The summed E-state index contributed by atoms with van der Waals surface area (Å²) in [6.07, 6.45) is 7.12. The molecule has 0 radical (unpaired) electrons. The Morgan fingerprint density at radius 3 is 3.06 bits per heavy atom. The Morgan fingerprint density at radius 2 is 2.31 bits per heavy atom. The second-order valence-electron chi connectivity index (χ2n) is 3.50. The minimum absolute atomic E-state index is 0.827. The minimum Gasteiger partial charge on any atom is -0.368 e. The molecule has 80 valence electrons. The first-order chi connectivity index (χ1) is 7.95. The summed E-state index contributed by atoms with van der Waals surface area (Å²) in [5.74, 6) is 1.77. The number of rotatable bonds is 2. The van der Waals surface area contributed by atoms with Gasteiger partial charge in [-0.15, -0.1) is 0 Å². The summed E-state index contributed by atoms with van der Waals surface area (Å²) in [5, 5.41) is 3.25. The van der Waals surface area contributed by atoms with E-state index in [-0.39, 0.29) is 0 Å². The Labute approximate surface area is 92.9 Å². The van der Waals surface area contributed by atoms with E-state index in [1.807, 2.05) is 22.9 Å². The highest BCUT2D eigenvalue weighted by molar-refractivity contribution is 6.02. The normalized spacial score (nSPS) is 14.6. The van der Waals surface area contributed by atoms with Crippen molar-refractivity contribution in [1.82, 2.24) is 19.9 Å². The van der Waals surface area contributed by atoms with Crippen LogP contribution in [0.3, 0.4) is 0 Å². The van der Waals surface area contributed by atoms with Crippen LogP contribution in [0.2, 0.25) is 0 Å². The number of imidazole rings is 1. The first kappa shape index (κ1) is 9.08. The van der Waals surface area contributed by atoms with E-state index in [2.05, 4.69) is 20.3 Å². The monoisotopic (exact) mass is 213 g/mol. The van der Waals surface area contributed by atoms with Crippen LogP contribution >= 0.6 is 0 Å². The van der Waals surface area contributed by atoms with E-state index >= 15 is 0 Å². The molecular weight excluding hydrogens is 202 g/mol. The Morgan fingerprint density at radius 1 is 1.31 bits per heavy atom. The predicted octanol–water partition coefficient (Wildman–Crippen LogP) is 0.617. The molecular formula is C11H11N5. The largest absolute Gasteiger partial charge is 0.368 e. The second kappa shape index (κ2) is 3.77. The van der Waals surface area contributed by atoms with Gasteiger partial charge in [-0.05, 0) is 12.1 Å². The summed E-state index contributed by atoms with van der Waals surface area (Å²) < 4.78 is 1.89. The highest BCUT2D eigenvalue weighted by atomic mass is 15.1. The molecule has 0 fully saturated rings. The fourth-order valence-electron chi connectivity index (χ4n) is 1.75. The highest BCUT2D eigenvalue weighted by Crippen LogP contribution is 2.12. The van der Waals surface area contributed by atoms with Crippen LogP contribution in [0.25, 0.3) is 5.82 Å². The molecule has 0 bridgehead atoms. The van der Waals surface area contributed by atoms with E-state index in [0.717, 1.165) is 30.3 Å². The van der Waals surface area contributed by atoms with Crippen molar-refractivity contribution in [2.45, 2.75) is 0 Å². The van der Waals surface area contributed by atoms with Gasteiger partial charge in [0, 0.05) is 25.1 Å². The quantitative estimate of drug-likeness (QED) is 0.795. The highest BCUT2D eigenvalue weighted by Gasteiger charge is 2.13. The van der Waals surface area contributed by atoms with Gasteiger partial charge in [-0.1, -0.05) is 0 Å². The summed E-state index contributed by atoms with van der Waals surface area (Å²) in [4.78, 5) is 12.8. The summed E-state index contributed by atoms with van der Waals surface area (Å²) in [5.41, 5.74) is 1.01. The molecule has 5 heteroatoms. The molecule has 1 N–H and O–H groups in total. The Balaban J connectivity index is 2.11. The van der Waals surface area contributed by atoms with E-state index in [0.29, 0.717) is 0 Å². The molecule has 0 saturated heterocycles. The van der Waals surface area contributed by atoms with Gasteiger partial charge < -0.3 is 5.32 Å². The Hall–Kier alpha value is -2.17. The molecule has 5 nitrogen and oxygen atoms in total. The van der Waals surface area contributed by atoms with E-state index in [1.165, 1.54) is 0 Å². The van der Waals surface area contributed by atoms with Crippen molar-refractivity contribution in [2.24, 2.45) is 4.99 Å². The van der Waals surface area contributed by atoms with Crippen molar-refractivity contribution in [3.63, 3.8) is 0 Å². The molecule has 0 unspecified atom stereocenters. The maximum atomic E-state index is 4.41. The molecule has 3 heterocycles. The van der Waals surface area contributed by atoms with Crippen LogP contribution in [0.4, 0.5) is 0 Å². The van der Waals surface area contributed by atoms with E-state index in [1.54, 1.807) is 18.7 Å². The zero-order valence-corrected chi connectivity index (χ0v) is 8.67. The van der Waals surface area contributed by atoms with Gasteiger partial charge in [0.05, 0.1) is 12.1 Å². The summed E-state index contributed by atoms with van der Waals surface area (Å²) in [6.45, 7) is 1.72. The van der Waals surface area contributed by atoms with Crippen LogP contribution in [0, 0.1) is 0 Å². The topological polar surface area (TPSA) is 55.1 Å². The van der Waals surface area contributed by atoms with Crippen molar-refractivity contribution in [1.29, 1.82) is 0 Å². The zero-order chi connectivity index (χ0) is 10.8. The maximum absolute atomic E-state index is 4.41. The lowest BCUT2D eigenvalue weighted by Gasteiger charge is -2.08. The van der Waals surface area contributed by atoms with Crippen molar-refractivity contribution < 1.29 is 0 Å². The van der Waals surface area contributed by atoms with Crippen LogP contribution < -0.4 is 5.32 Å².